The van der Waals surface area contributed by atoms with Crippen LogP contribution in [0.1, 0.15) is 35.1 Å². The Labute approximate surface area is 115 Å². The Morgan fingerprint density at radius 2 is 2.20 bits per heavy atom. The highest BCUT2D eigenvalue weighted by Crippen LogP contribution is 2.17. The van der Waals surface area contributed by atoms with Gasteiger partial charge in [0.25, 0.3) is 5.91 Å². The molecule has 20 heavy (non-hydrogen) atoms. The average Bonchev–Trinajstić information content (AvgIpc) is 3.04. The van der Waals surface area contributed by atoms with Crippen molar-refractivity contribution in [3.05, 3.63) is 47.8 Å². The Bertz CT molecular complexity index is 759. The molecular formula is C14H14N4O2. The number of aromatic nitrogens is 3. The maximum Gasteiger partial charge on any atom is 0.273 e. The number of carbonyl (C=O) groups excluding carboxylic acids is 1. The molecule has 0 aliphatic heterocycles. The third kappa shape index (κ3) is 2.16. The van der Waals surface area contributed by atoms with Crippen LogP contribution in [0.2, 0.25) is 0 Å². The summed E-state index contributed by atoms with van der Waals surface area (Å²) in [7, 11) is 0. The van der Waals surface area contributed by atoms with E-state index in [9.17, 15) is 4.79 Å². The lowest BCUT2D eigenvalue weighted by atomic mass is 10.2. The van der Waals surface area contributed by atoms with Gasteiger partial charge in [0.05, 0.1) is 11.7 Å². The average molecular weight is 270 g/mol. The summed E-state index contributed by atoms with van der Waals surface area (Å²) in [4.78, 5) is 16.4. The summed E-state index contributed by atoms with van der Waals surface area (Å²) in [5.41, 5.74) is 1.20. The van der Waals surface area contributed by atoms with Gasteiger partial charge in [-0.2, -0.15) is 5.10 Å². The van der Waals surface area contributed by atoms with E-state index in [4.69, 9.17) is 4.42 Å². The van der Waals surface area contributed by atoms with Crippen molar-refractivity contribution in [2.75, 3.05) is 0 Å². The molecule has 0 saturated carbocycles. The van der Waals surface area contributed by atoms with Crippen molar-refractivity contribution in [3.63, 3.8) is 0 Å². The molecule has 0 aliphatic carbocycles. The number of hydrogen-bond donors (Lipinski definition) is 2. The number of benzene rings is 1. The maximum absolute atomic E-state index is 12.2. The molecule has 1 amide bonds. The summed E-state index contributed by atoms with van der Waals surface area (Å²) in [6.45, 7) is 3.63. The molecule has 2 heterocycles. The number of hydrogen-bond acceptors (Lipinski definition) is 4. The molecule has 2 aromatic heterocycles. The van der Waals surface area contributed by atoms with Crippen LogP contribution in [0.4, 0.5) is 0 Å². The van der Waals surface area contributed by atoms with Crippen molar-refractivity contribution < 1.29 is 9.21 Å². The molecule has 0 saturated heterocycles. The lowest BCUT2D eigenvalue weighted by molar-refractivity contribution is 0.0930. The fraction of sp³-hybridized carbons (Fsp3) is 0.214. The van der Waals surface area contributed by atoms with E-state index >= 15 is 0 Å². The minimum atomic E-state index is -0.313. The van der Waals surface area contributed by atoms with Crippen LogP contribution in [0.3, 0.4) is 0 Å². The van der Waals surface area contributed by atoms with E-state index in [1.807, 2.05) is 38.1 Å². The predicted molar refractivity (Wildman–Crippen MR) is 73.2 cm³/mol. The second kappa shape index (κ2) is 4.80. The van der Waals surface area contributed by atoms with E-state index in [0.29, 0.717) is 17.3 Å². The number of para-hydroxylation sites is 1. The van der Waals surface area contributed by atoms with Gasteiger partial charge in [-0.1, -0.05) is 18.2 Å². The van der Waals surface area contributed by atoms with Crippen LogP contribution in [-0.2, 0) is 0 Å². The number of fused-ring (bicyclic) bond motifs is 1. The highest BCUT2D eigenvalue weighted by molar-refractivity contribution is 6.04. The zero-order valence-corrected chi connectivity index (χ0v) is 11.2. The van der Waals surface area contributed by atoms with Crippen molar-refractivity contribution >= 4 is 16.8 Å². The smallest absolute Gasteiger partial charge is 0.273 e. The van der Waals surface area contributed by atoms with Crippen LogP contribution in [-0.4, -0.2) is 21.1 Å². The first-order valence-corrected chi connectivity index (χ1v) is 6.31. The van der Waals surface area contributed by atoms with Gasteiger partial charge in [0.2, 0.25) is 5.89 Å². The lowest BCUT2D eigenvalue weighted by Crippen LogP contribution is -2.27. The van der Waals surface area contributed by atoms with Crippen LogP contribution < -0.4 is 5.32 Å². The SMILES string of the molecule is Cc1cnc([C@@H](C)NC(=O)c2n[nH]c3ccccc23)o1. The van der Waals surface area contributed by atoms with E-state index in [1.165, 1.54) is 0 Å². The van der Waals surface area contributed by atoms with Gasteiger partial charge in [0, 0.05) is 5.39 Å². The number of aromatic amines is 1. The third-order valence-electron chi connectivity index (χ3n) is 3.04. The van der Waals surface area contributed by atoms with E-state index in [0.717, 1.165) is 10.9 Å². The molecule has 0 bridgehead atoms. The number of aryl methyl sites for hydroxylation is 1. The zero-order valence-electron chi connectivity index (χ0n) is 11.2. The first-order chi connectivity index (χ1) is 9.65. The summed E-state index contributed by atoms with van der Waals surface area (Å²) in [6.07, 6.45) is 1.63. The number of amides is 1. The second-order valence-corrected chi connectivity index (χ2v) is 4.62. The van der Waals surface area contributed by atoms with Crippen molar-refractivity contribution in [2.45, 2.75) is 19.9 Å². The number of rotatable bonds is 3. The van der Waals surface area contributed by atoms with E-state index in [2.05, 4.69) is 20.5 Å². The Morgan fingerprint density at radius 1 is 1.40 bits per heavy atom. The van der Waals surface area contributed by atoms with Crippen LogP contribution in [0.5, 0.6) is 0 Å². The summed E-state index contributed by atoms with van der Waals surface area (Å²) in [6, 6.07) is 7.18. The molecule has 2 N–H and O–H groups in total. The number of nitrogens with one attached hydrogen (secondary N) is 2. The molecule has 0 spiro atoms. The van der Waals surface area contributed by atoms with Gasteiger partial charge in [-0.25, -0.2) is 4.98 Å². The Kier molecular flexibility index (Phi) is 2.98. The summed E-state index contributed by atoms with van der Waals surface area (Å²) < 4.78 is 5.40. The quantitative estimate of drug-likeness (QED) is 0.765. The molecule has 3 rings (SSSR count). The second-order valence-electron chi connectivity index (χ2n) is 4.62. The third-order valence-corrected chi connectivity index (χ3v) is 3.04. The molecule has 3 aromatic rings. The van der Waals surface area contributed by atoms with Crippen LogP contribution in [0.25, 0.3) is 10.9 Å². The van der Waals surface area contributed by atoms with Crippen LogP contribution >= 0.6 is 0 Å². The minimum absolute atomic E-state index is 0.259. The number of nitrogens with zero attached hydrogens (tertiary/aromatic N) is 2. The molecular weight excluding hydrogens is 256 g/mol. The molecule has 1 aromatic carbocycles. The normalized spacial score (nSPS) is 12.5. The van der Waals surface area contributed by atoms with Crippen LogP contribution in [0, 0.1) is 6.92 Å². The fourth-order valence-electron chi connectivity index (χ4n) is 2.04. The fourth-order valence-corrected chi connectivity index (χ4v) is 2.04. The van der Waals surface area contributed by atoms with Crippen molar-refractivity contribution in [1.82, 2.24) is 20.5 Å². The molecule has 6 nitrogen and oxygen atoms in total. The lowest BCUT2D eigenvalue weighted by Gasteiger charge is -2.09. The Morgan fingerprint density at radius 3 is 2.95 bits per heavy atom. The van der Waals surface area contributed by atoms with Gasteiger partial charge in [-0.05, 0) is 19.9 Å². The topological polar surface area (TPSA) is 83.8 Å². The van der Waals surface area contributed by atoms with Crippen LogP contribution in [0.15, 0.2) is 34.9 Å². The standard InChI is InChI=1S/C14H14N4O2/c1-8-7-15-14(20-8)9(2)16-13(19)12-10-5-3-4-6-11(10)17-18-12/h3-7,9H,1-2H3,(H,16,19)(H,17,18)/t9-/m1/s1. The first kappa shape index (κ1) is 12.4. The van der Waals surface area contributed by atoms with Gasteiger partial charge >= 0.3 is 0 Å². The predicted octanol–water partition coefficient (Wildman–Crippen LogP) is 2.35. The summed E-state index contributed by atoms with van der Waals surface area (Å²) in [5.74, 6) is 0.938. The molecule has 0 radical (unpaired) electrons. The monoisotopic (exact) mass is 270 g/mol. The zero-order chi connectivity index (χ0) is 14.1. The van der Waals surface area contributed by atoms with Crippen molar-refractivity contribution in [2.24, 2.45) is 0 Å². The molecule has 0 aliphatic rings. The van der Waals surface area contributed by atoms with E-state index in [-0.39, 0.29) is 11.9 Å². The minimum Gasteiger partial charge on any atom is -0.444 e. The number of H-pyrrole nitrogens is 1. The summed E-state index contributed by atoms with van der Waals surface area (Å²) in [5, 5.41) is 10.5. The van der Waals surface area contributed by atoms with Crippen molar-refractivity contribution in [1.29, 1.82) is 0 Å². The number of carbonyl (C=O) groups is 1. The Balaban J connectivity index is 1.82. The van der Waals surface area contributed by atoms with Gasteiger partial charge in [0.15, 0.2) is 5.69 Å². The number of oxazole rings is 1. The van der Waals surface area contributed by atoms with Crippen molar-refractivity contribution in [3.8, 4) is 0 Å². The largest absolute Gasteiger partial charge is 0.444 e. The highest BCUT2D eigenvalue weighted by Gasteiger charge is 2.19. The first-order valence-electron chi connectivity index (χ1n) is 6.31. The molecule has 0 unspecified atom stereocenters. The van der Waals surface area contributed by atoms with Gasteiger partial charge in [-0.15, -0.1) is 0 Å². The summed E-state index contributed by atoms with van der Waals surface area (Å²) >= 11 is 0. The van der Waals surface area contributed by atoms with Gasteiger partial charge < -0.3 is 9.73 Å². The molecule has 0 fully saturated rings. The molecule has 102 valence electrons. The van der Waals surface area contributed by atoms with E-state index in [1.54, 1.807) is 6.20 Å². The highest BCUT2D eigenvalue weighted by atomic mass is 16.4. The molecule has 6 heteroatoms. The Hall–Kier alpha value is -2.63. The van der Waals surface area contributed by atoms with Gasteiger partial charge in [-0.3, -0.25) is 9.89 Å². The van der Waals surface area contributed by atoms with E-state index < -0.39 is 0 Å². The van der Waals surface area contributed by atoms with Gasteiger partial charge in [0.1, 0.15) is 11.8 Å². The maximum atomic E-state index is 12.2. The molecule has 1 atom stereocenters.